The molecule has 0 atom stereocenters. The number of primary amides is 1. The van der Waals surface area contributed by atoms with Crippen molar-refractivity contribution in [3.63, 3.8) is 0 Å². The Kier molecular flexibility index (Phi) is 4.85. The van der Waals surface area contributed by atoms with Crippen LogP contribution in [-0.4, -0.2) is 19.5 Å². The van der Waals surface area contributed by atoms with Crippen LogP contribution in [0.1, 0.15) is 6.92 Å². The van der Waals surface area contributed by atoms with E-state index in [2.05, 4.69) is 20.2 Å². The van der Waals surface area contributed by atoms with Crippen molar-refractivity contribution >= 4 is 6.09 Å². The van der Waals surface area contributed by atoms with Crippen molar-refractivity contribution in [1.29, 1.82) is 0 Å². The van der Waals surface area contributed by atoms with Crippen LogP contribution < -0.4 is 5.73 Å². The fourth-order valence-electron chi connectivity index (χ4n) is 0.142. The highest BCUT2D eigenvalue weighted by Gasteiger charge is 1.95. The molecule has 0 aromatic rings. The average Bonchev–Trinajstić information content (AvgIpc) is 2.45. The number of rotatable bonds is 1. The number of nitrogens with two attached hydrogens (primary N) is 1. The minimum Gasteiger partial charge on any atom is -0.450 e. The summed E-state index contributed by atoms with van der Waals surface area (Å²) in [6, 6.07) is 0. The molecule has 9 heavy (non-hydrogen) atoms. The Morgan fingerprint density at radius 1 is 1.78 bits per heavy atom. The summed E-state index contributed by atoms with van der Waals surface area (Å²) >= 11 is 0. The van der Waals surface area contributed by atoms with Gasteiger partial charge >= 0.3 is 6.09 Å². The summed E-state index contributed by atoms with van der Waals surface area (Å²) in [6.45, 7) is 2.56. The fraction of sp³-hybridized carbons (Fsp3) is 0.750. The van der Waals surface area contributed by atoms with Gasteiger partial charge in [0.25, 0.3) is 0 Å². The number of ether oxygens (including phenoxy) is 1. The molecule has 0 spiro atoms. The first-order chi connectivity index (χ1) is 4.27. The molecule has 5 nitrogen and oxygen atoms in total. The van der Waals surface area contributed by atoms with Gasteiger partial charge in [-0.25, -0.2) is 14.6 Å². The first kappa shape index (κ1) is 8.19. The van der Waals surface area contributed by atoms with Gasteiger partial charge in [0.2, 0.25) is 6.79 Å². The van der Waals surface area contributed by atoms with E-state index in [4.69, 9.17) is 0 Å². The molecule has 1 heterocycles. The molecular formula is C4H9NO4. The summed E-state index contributed by atoms with van der Waals surface area (Å²) in [5.74, 6) is 0. The lowest BCUT2D eigenvalue weighted by Crippen LogP contribution is -2.11. The Hall–Kier alpha value is -0.810. The van der Waals surface area contributed by atoms with E-state index in [1.165, 1.54) is 0 Å². The van der Waals surface area contributed by atoms with Crippen LogP contribution in [0.5, 0.6) is 0 Å². The molecule has 1 rings (SSSR count). The van der Waals surface area contributed by atoms with Crippen molar-refractivity contribution in [2.75, 3.05) is 13.4 Å². The summed E-state index contributed by atoms with van der Waals surface area (Å²) in [6.07, 6.45) is -0.711. The molecule has 0 aromatic carbocycles. The quantitative estimate of drug-likeness (QED) is 0.405. The number of hydrogen-bond acceptors (Lipinski definition) is 4. The molecule has 1 amide bonds. The second kappa shape index (κ2) is 5.33. The highest BCUT2D eigenvalue weighted by atomic mass is 17.4. The van der Waals surface area contributed by atoms with Crippen LogP contribution in [0.15, 0.2) is 0 Å². The minimum absolute atomic E-state index is 0.356. The van der Waals surface area contributed by atoms with Crippen LogP contribution in [0.4, 0.5) is 4.79 Å². The summed E-state index contributed by atoms with van der Waals surface area (Å²) in [4.78, 5) is 17.6. The molecule has 0 saturated carbocycles. The van der Waals surface area contributed by atoms with Gasteiger partial charge in [0.1, 0.15) is 0 Å². The number of hydrogen-bond donors (Lipinski definition) is 1. The van der Waals surface area contributed by atoms with Gasteiger partial charge in [-0.2, -0.15) is 0 Å². The molecule has 0 radical (unpaired) electrons. The number of carbonyl (C=O) groups excluding carboxylic acids is 1. The van der Waals surface area contributed by atoms with Crippen molar-refractivity contribution in [1.82, 2.24) is 0 Å². The highest BCUT2D eigenvalue weighted by Crippen LogP contribution is 1.89. The second-order valence-electron chi connectivity index (χ2n) is 1.11. The Balaban J connectivity index is 0.000000173. The highest BCUT2D eigenvalue weighted by molar-refractivity contribution is 5.64. The van der Waals surface area contributed by atoms with Crippen molar-refractivity contribution in [3.05, 3.63) is 0 Å². The van der Waals surface area contributed by atoms with E-state index < -0.39 is 6.09 Å². The van der Waals surface area contributed by atoms with E-state index in [-0.39, 0.29) is 0 Å². The first-order valence-electron chi connectivity index (χ1n) is 2.44. The topological polar surface area (TPSA) is 77.4 Å². The molecule has 0 bridgehead atoms. The van der Waals surface area contributed by atoms with E-state index in [0.717, 1.165) is 0 Å². The van der Waals surface area contributed by atoms with Gasteiger partial charge in [-0.05, 0) is 6.92 Å². The van der Waals surface area contributed by atoms with Crippen LogP contribution in [0.3, 0.4) is 0 Å². The van der Waals surface area contributed by atoms with Crippen LogP contribution in [0.25, 0.3) is 0 Å². The van der Waals surface area contributed by atoms with E-state index in [9.17, 15) is 4.79 Å². The summed E-state index contributed by atoms with van der Waals surface area (Å²) < 4.78 is 4.18. The van der Waals surface area contributed by atoms with Gasteiger partial charge in [-0.1, -0.05) is 0 Å². The molecule has 0 aliphatic carbocycles. The molecule has 1 aliphatic heterocycles. The maximum atomic E-state index is 9.60. The van der Waals surface area contributed by atoms with Crippen LogP contribution in [0.2, 0.25) is 0 Å². The van der Waals surface area contributed by atoms with Crippen LogP contribution >= 0.6 is 0 Å². The van der Waals surface area contributed by atoms with E-state index in [1.54, 1.807) is 6.92 Å². The fourth-order valence-corrected chi connectivity index (χ4v) is 0.142. The van der Waals surface area contributed by atoms with Gasteiger partial charge in [-0.3, -0.25) is 0 Å². The SMILES string of the molecule is C1OO1.CCOC(N)=O. The van der Waals surface area contributed by atoms with Crippen LogP contribution in [-0.2, 0) is 14.5 Å². The van der Waals surface area contributed by atoms with E-state index in [1.807, 2.05) is 0 Å². The van der Waals surface area contributed by atoms with Crippen molar-refractivity contribution in [2.45, 2.75) is 6.92 Å². The molecule has 5 heteroatoms. The third-order valence-corrected chi connectivity index (χ3v) is 0.404. The summed E-state index contributed by atoms with van der Waals surface area (Å²) in [7, 11) is 0. The maximum absolute atomic E-state index is 9.60. The Morgan fingerprint density at radius 2 is 2.22 bits per heavy atom. The third kappa shape index (κ3) is 19.0. The van der Waals surface area contributed by atoms with Gasteiger partial charge in [0.15, 0.2) is 0 Å². The molecule has 0 unspecified atom stereocenters. The smallest absolute Gasteiger partial charge is 0.404 e. The second-order valence-corrected chi connectivity index (χ2v) is 1.11. The zero-order valence-electron chi connectivity index (χ0n) is 5.12. The van der Waals surface area contributed by atoms with Crippen molar-refractivity contribution < 1.29 is 19.3 Å². The lowest BCUT2D eigenvalue weighted by molar-refractivity contribution is 0.0850. The standard InChI is InChI=1S/C3H7NO2.CH2O2/c1-2-6-3(4)5;1-2-3-1/h2H2,1H3,(H2,4,5);1H2. The van der Waals surface area contributed by atoms with Gasteiger partial charge in [-0.15, -0.1) is 0 Å². The molecule has 1 aliphatic rings. The number of amides is 1. The summed E-state index contributed by atoms with van der Waals surface area (Å²) in [5, 5.41) is 0. The summed E-state index contributed by atoms with van der Waals surface area (Å²) in [5.41, 5.74) is 4.54. The minimum atomic E-state index is -0.711. The predicted molar refractivity (Wildman–Crippen MR) is 28.2 cm³/mol. The largest absolute Gasteiger partial charge is 0.450 e. The van der Waals surface area contributed by atoms with E-state index >= 15 is 0 Å². The Bertz CT molecular complexity index is 79.9. The molecule has 1 saturated heterocycles. The molecule has 2 N–H and O–H groups in total. The zero-order valence-corrected chi connectivity index (χ0v) is 5.12. The van der Waals surface area contributed by atoms with Crippen LogP contribution in [0, 0.1) is 0 Å². The molecule has 1 fully saturated rings. The first-order valence-corrected chi connectivity index (χ1v) is 2.44. The normalized spacial score (nSPS) is 13.0. The lowest BCUT2D eigenvalue weighted by Gasteiger charge is -1.89. The van der Waals surface area contributed by atoms with Crippen molar-refractivity contribution in [2.24, 2.45) is 5.73 Å². The third-order valence-electron chi connectivity index (χ3n) is 0.404. The maximum Gasteiger partial charge on any atom is 0.404 e. The average molecular weight is 135 g/mol. The lowest BCUT2D eigenvalue weighted by atomic mass is 10.9. The van der Waals surface area contributed by atoms with Gasteiger partial charge < -0.3 is 10.5 Å². The molecule has 54 valence electrons. The van der Waals surface area contributed by atoms with Gasteiger partial charge in [0, 0.05) is 0 Å². The molecule has 0 aromatic heterocycles. The van der Waals surface area contributed by atoms with Gasteiger partial charge in [0.05, 0.1) is 6.61 Å². The zero-order chi connectivity index (χ0) is 7.11. The van der Waals surface area contributed by atoms with E-state index in [0.29, 0.717) is 13.4 Å². The predicted octanol–water partition coefficient (Wildman–Crippen LogP) is 0.00730. The number of carbonyl (C=O) groups is 1. The Morgan fingerprint density at radius 3 is 2.22 bits per heavy atom. The van der Waals surface area contributed by atoms with Crippen molar-refractivity contribution in [3.8, 4) is 0 Å². The molecular weight excluding hydrogens is 126 g/mol. The monoisotopic (exact) mass is 135 g/mol. The Labute approximate surface area is 52.6 Å².